The van der Waals surface area contributed by atoms with Gasteiger partial charge >= 0.3 is 0 Å². The molecule has 63 heavy (non-hydrogen) atoms. The lowest BCUT2D eigenvalue weighted by Crippen LogP contribution is -2.47. The molecule has 4 aliphatic rings. The van der Waals surface area contributed by atoms with Gasteiger partial charge in [-0.05, 0) is 143 Å². The number of aromatic nitrogens is 2. The molecule has 1 saturated carbocycles. The van der Waals surface area contributed by atoms with Crippen LogP contribution in [0.4, 0.5) is 11.4 Å². The number of anilines is 1. The number of sulfonamides is 1. The quantitative estimate of drug-likeness (QED) is 0.0864. The van der Waals surface area contributed by atoms with E-state index in [4.69, 9.17) is 16.3 Å². The number of ether oxygens (including phenoxy) is 1. The minimum atomic E-state index is -4.52. The average Bonchev–Trinajstić information content (AvgIpc) is 3.74. The van der Waals surface area contributed by atoms with Crippen LogP contribution < -0.4 is 14.4 Å². The average molecular weight is 893 g/mol. The molecule has 2 aliphatic heterocycles. The largest absolute Gasteiger partial charge is 0.455 e. The Labute approximate surface area is 373 Å². The van der Waals surface area contributed by atoms with Crippen LogP contribution in [0.2, 0.25) is 5.02 Å². The Hall–Kier alpha value is -5.28. The number of fused-ring (bicyclic) bond motifs is 1. The first-order chi connectivity index (χ1) is 30.4. The third kappa shape index (κ3) is 9.64. The smallest absolute Gasteiger partial charge is 0.273 e. The topological polar surface area (TPSA) is 154 Å². The highest BCUT2D eigenvalue weighted by Crippen LogP contribution is 2.55. The molecule has 2 N–H and O–H groups in total. The zero-order valence-electron chi connectivity index (χ0n) is 35.7. The molecule has 4 heterocycles. The molecule has 1 spiro atoms. The molecular formula is C48H54ClN7O6S. The van der Waals surface area contributed by atoms with E-state index in [1.165, 1.54) is 54.5 Å². The second-order valence-corrected chi connectivity index (χ2v) is 20.1. The second-order valence-electron chi connectivity index (χ2n) is 18.0. The van der Waals surface area contributed by atoms with E-state index < -0.39 is 20.9 Å². The van der Waals surface area contributed by atoms with Gasteiger partial charge in [-0.25, -0.2) is 18.1 Å². The lowest BCUT2D eigenvalue weighted by molar-refractivity contribution is -0.385. The van der Waals surface area contributed by atoms with E-state index in [0.29, 0.717) is 34.7 Å². The van der Waals surface area contributed by atoms with Gasteiger partial charge in [0.25, 0.3) is 21.6 Å². The zero-order chi connectivity index (χ0) is 43.7. The molecule has 330 valence electrons. The highest BCUT2D eigenvalue weighted by Gasteiger charge is 2.41. The number of nitro benzene ring substituents is 1. The normalized spacial score (nSPS) is 18.7. The number of aryl methyl sites for hydroxylation is 1. The Morgan fingerprint density at radius 1 is 0.984 bits per heavy atom. The molecule has 5 aromatic rings. The van der Waals surface area contributed by atoms with E-state index in [1.807, 2.05) is 24.3 Å². The van der Waals surface area contributed by atoms with E-state index in [2.05, 4.69) is 48.6 Å². The van der Waals surface area contributed by atoms with Crippen LogP contribution >= 0.6 is 11.6 Å². The van der Waals surface area contributed by atoms with Gasteiger partial charge in [0.15, 0.2) is 0 Å². The number of rotatable bonds is 13. The van der Waals surface area contributed by atoms with Gasteiger partial charge in [-0.15, -0.1) is 0 Å². The van der Waals surface area contributed by atoms with Gasteiger partial charge in [0.2, 0.25) is 0 Å². The molecule has 13 nitrogen and oxygen atoms in total. The molecule has 0 unspecified atom stereocenters. The Morgan fingerprint density at radius 2 is 1.76 bits per heavy atom. The van der Waals surface area contributed by atoms with Crippen molar-refractivity contribution in [2.75, 3.05) is 57.8 Å². The molecule has 1 amide bonds. The van der Waals surface area contributed by atoms with Crippen molar-refractivity contribution < 1.29 is 22.9 Å². The SMILES string of the molecule is CN1CCC(CCc2ccc(S(=O)(=O)NC(=O)c3ccc(N4CCN(CC5=C(c6ccc(Cl)cc6)CC6(CCC6)CC5)CC4)cc3Oc3cnc4[nH]ccc4c3)cc2[N+](=O)[O-])CC1. The van der Waals surface area contributed by atoms with Crippen LogP contribution in [0, 0.1) is 21.4 Å². The fraction of sp³-hybridized carbons (Fsp3) is 0.417. The number of carbonyl (C=O) groups excluding carboxylic acids is 1. The van der Waals surface area contributed by atoms with Crippen LogP contribution in [0.15, 0.2) is 95.7 Å². The molecule has 0 radical (unpaired) electrons. The summed E-state index contributed by atoms with van der Waals surface area (Å²) in [6, 6.07) is 21.0. The molecule has 2 aliphatic carbocycles. The van der Waals surface area contributed by atoms with Crippen LogP contribution in [-0.4, -0.2) is 91.9 Å². The summed E-state index contributed by atoms with van der Waals surface area (Å²) in [5, 5.41) is 13.7. The summed E-state index contributed by atoms with van der Waals surface area (Å²) in [7, 11) is -2.43. The van der Waals surface area contributed by atoms with Crippen LogP contribution in [0.3, 0.4) is 0 Å². The first kappa shape index (κ1) is 43.0. The Bertz CT molecular complexity index is 2650. The number of benzene rings is 3. The van der Waals surface area contributed by atoms with Gasteiger partial charge < -0.3 is 19.5 Å². The number of piperidine rings is 1. The number of aromatic amines is 1. The van der Waals surface area contributed by atoms with E-state index in [-0.39, 0.29) is 21.9 Å². The van der Waals surface area contributed by atoms with E-state index in [0.717, 1.165) is 100 Å². The highest BCUT2D eigenvalue weighted by molar-refractivity contribution is 7.90. The number of pyridine rings is 1. The number of amides is 1. The van der Waals surface area contributed by atoms with E-state index >= 15 is 0 Å². The van der Waals surface area contributed by atoms with Crippen LogP contribution in [0.25, 0.3) is 16.6 Å². The summed E-state index contributed by atoms with van der Waals surface area (Å²) in [5.41, 5.74) is 6.42. The highest BCUT2D eigenvalue weighted by atomic mass is 35.5. The molecule has 2 aromatic heterocycles. The molecular weight excluding hydrogens is 838 g/mol. The van der Waals surface area contributed by atoms with Crippen molar-refractivity contribution in [1.82, 2.24) is 24.5 Å². The molecule has 2 saturated heterocycles. The Morgan fingerprint density at radius 3 is 2.49 bits per heavy atom. The van der Waals surface area contributed by atoms with Gasteiger partial charge in [-0.2, -0.15) is 0 Å². The van der Waals surface area contributed by atoms with Gasteiger partial charge in [0.1, 0.15) is 17.1 Å². The van der Waals surface area contributed by atoms with Crippen molar-refractivity contribution in [2.24, 2.45) is 11.3 Å². The van der Waals surface area contributed by atoms with Crippen LogP contribution in [0.1, 0.15) is 79.3 Å². The number of nitro groups is 1. The number of allylic oxidation sites excluding steroid dienone is 1. The summed E-state index contributed by atoms with van der Waals surface area (Å²) in [6.07, 6.45) is 14.0. The predicted molar refractivity (Wildman–Crippen MR) is 246 cm³/mol. The number of hydrogen-bond donors (Lipinski definition) is 2. The lowest BCUT2D eigenvalue weighted by Gasteiger charge is -2.47. The molecule has 3 fully saturated rings. The lowest BCUT2D eigenvalue weighted by atomic mass is 9.59. The molecule has 3 aromatic carbocycles. The van der Waals surface area contributed by atoms with Crippen LogP contribution in [-0.2, 0) is 16.4 Å². The van der Waals surface area contributed by atoms with Crippen molar-refractivity contribution in [3.8, 4) is 11.5 Å². The number of nitrogens with one attached hydrogen (secondary N) is 2. The monoisotopic (exact) mass is 891 g/mol. The minimum absolute atomic E-state index is 0.0115. The third-order valence-corrected chi connectivity index (χ3v) is 15.5. The number of halogens is 1. The van der Waals surface area contributed by atoms with Gasteiger partial charge in [0.05, 0.1) is 21.6 Å². The van der Waals surface area contributed by atoms with Crippen molar-refractivity contribution in [2.45, 2.75) is 69.1 Å². The second kappa shape index (κ2) is 18.1. The zero-order valence-corrected chi connectivity index (χ0v) is 37.2. The van der Waals surface area contributed by atoms with Gasteiger partial charge in [0, 0.05) is 72.7 Å². The number of likely N-dealkylation sites (tertiary alicyclic amines) is 1. The molecule has 15 heteroatoms. The Kier molecular flexibility index (Phi) is 12.3. The maximum Gasteiger partial charge on any atom is 0.273 e. The number of H-pyrrole nitrogens is 1. The van der Waals surface area contributed by atoms with Crippen molar-refractivity contribution in [1.29, 1.82) is 0 Å². The van der Waals surface area contributed by atoms with E-state index in [9.17, 15) is 23.3 Å². The van der Waals surface area contributed by atoms with Crippen molar-refractivity contribution in [3.05, 3.63) is 123 Å². The number of carbonyl (C=O) groups is 1. The fourth-order valence-electron chi connectivity index (χ4n) is 9.95. The third-order valence-electron chi connectivity index (χ3n) is 14.0. The number of piperazine rings is 1. The molecule has 0 bridgehead atoms. The van der Waals surface area contributed by atoms with Crippen molar-refractivity contribution >= 4 is 55.5 Å². The summed E-state index contributed by atoms with van der Waals surface area (Å²) in [5.74, 6) is 0.0509. The minimum Gasteiger partial charge on any atom is -0.455 e. The predicted octanol–water partition coefficient (Wildman–Crippen LogP) is 9.24. The van der Waals surface area contributed by atoms with Crippen LogP contribution in [0.5, 0.6) is 11.5 Å². The first-order valence-electron chi connectivity index (χ1n) is 22.1. The fourth-order valence-corrected chi connectivity index (χ4v) is 11.1. The summed E-state index contributed by atoms with van der Waals surface area (Å²) in [6.45, 7) is 6.08. The first-order valence-corrected chi connectivity index (χ1v) is 24.0. The van der Waals surface area contributed by atoms with Crippen molar-refractivity contribution in [3.63, 3.8) is 0 Å². The summed E-state index contributed by atoms with van der Waals surface area (Å²) < 4.78 is 36.0. The van der Waals surface area contributed by atoms with E-state index in [1.54, 1.807) is 30.6 Å². The number of nitrogens with zero attached hydrogens (tertiary/aromatic N) is 5. The van der Waals surface area contributed by atoms with Gasteiger partial charge in [-0.1, -0.05) is 41.8 Å². The molecule has 0 atom stereocenters. The Balaban J connectivity index is 0.920. The van der Waals surface area contributed by atoms with Gasteiger partial charge in [-0.3, -0.25) is 19.8 Å². The maximum atomic E-state index is 14.0. The number of hydrogen-bond acceptors (Lipinski definition) is 10. The standard InChI is InChI=1S/C48H54ClN7O6S/c1-53-21-15-33(16-22-53)3-4-35-7-11-41(29-44(35)56(58)59)63(60,61)52-47(57)42-12-10-39(28-45(42)62-40-27-36-14-20-50-46(36)51-31-40)55-25-23-54(24-26-55)32-37-13-19-48(17-2-18-48)30-43(37)34-5-8-38(49)9-6-34/h5-12,14,20,27-29,31,33H,2-4,13,15-19,21-26,30,32H2,1H3,(H,50,51)(H,52,57). The molecule has 9 rings (SSSR count). The maximum absolute atomic E-state index is 14.0. The summed E-state index contributed by atoms with van der Waals surface area (Å²) >= 11 is 6.28. The summed E-state index contributed by atoms with van der Waals surface area (Å²) in [4.78, 5) is 39.8.